The Kier molecular flexibility index (Phi) is 8.83. The van der Waals surface area contributed by atoms with E-state index in [1.165, 1.54) is 7.11 Å². The van der Waals surface area contributed by atoms with E-state index >= 15 is 0 Å². The van der Waals surface area contributed by atoms with Crippen LogP contribution in [0.5, 0.6) is 0 Å². The summed E-state index contributed by atoms with van der Waals surface area (Å²) in [7, 11) is 1.22. The van der Waals surface area contributed by atoms with Gasteiger partial charge >= 0.3 is 12.1 Å². The molecule has 0 heterocycles. The van der Waals surface area contributed by atoms with Gasteiger partial charge in [-0.2, -0.15) is 0 Å². The zero-order valence-electron chi connectivity index (χ0n) is 17.0. The van der Waals surface area contributed by atoms with Gasteiger partial charge in [0, 0.05) is 6.42 Å². The Morgan fingerprint density at radius 1 is 0.933 bits per heavy atom. The van der Waals surface area contributed by atoms with Gasteiger partial charge in [0.2, 0.25) is 5.91 Å². The van der Waals surface area contributed by atoms with E-state index in [0.717, 1.165) is 16.7 Å². The zero-order chi connectivity index (χ0) is 21.9. The molecule has 8 nitrogen and oxygen atoms in total. The molecule has 0 unspecified atom stereocenters. The number of carbonyl (C=O) groups is 3. The highest BCUT2D eigenvalue weighted by atomic mass is 16.5. The molecule has 0 saturated carbocycles. The molecule has 160 valence electrons. The van der Waals surface area contributed by atoms with Gasteiger partial charge in [-0.1, -0.05) is 60.2 Å². The van der Waals surface area contributed by atoms with E-state index in [2.05, 4.69) is 10.6 Å². The summed E-state index contributed by atoms with van der Waals surface area (Å²) in [6.07, 6.45) is -0.656. The standard InChI is InChI=1S/C22H26N2O6/c1-15-8-10-16(11-9-15)12-18(21(27)29-2)23-20(26)19(13-25)24-22(28)30-14-17-6-4-3-5-7-17/h3-11,18-19,25H,12-14H2,1-2H3,(H,23,26)(H,24,28)/t18-,19-/m0/s1. The van der Waals surface area contributed by atoms with Crippen molar-refractivity contribution in [2.45, 2.75) is 32.0 Å². The number of esters is 1. The number of aliphatic hydroxyl groups excluding tert-OH is 1. The first kappa shape index (κ1) is 22.9. The molecule has 0 aliphatic rings. The summed E-state index contributed by atoms with van der Waals surface area (Å²) in [4.78, 5) is 36.6. The minimum absolute atomic E-state index is 0.0185. The molecule has 3 N–H and O–H groups in total. The van der Waals surface area contributed by atoms with E-state index in [9.17, 15) is 19.5 Å². The Labute approximate surface area is 175 Å². The van der Waals surface area contributed by atoms with Crippen LogP contribution in [0.15, 0.2) is 54.6 Å². The fraction of sp³-hybridized carbons (Fsp3) is 0.318. The first-order chi connectivity index (χ1) is 14.4. The minimum atomic E-state index is -1.28. The number of hydrogen-bond acceptors (Lipinski definition) is 6. The van der Waals surface area contributed by atoms with Gasteiger partial charge in [0.15, 0.2) is 0 Å². The fourth-order valence-corrected chi connectivity index (χ4v) is 2.67. The van der Waals surface area contributed by atoms with Gasteiger partial charge in [-0.05, 0) is 18.1 Å². The monoisotopic (exact) mass is 414 g/mol. The van der Waals surface area contributed by atoms with E-state index in [4.69, 9.17) is 9.47 Å². The van der Waals surface area contributed by atoms with E-state index in [1.807, 2.05) is 49.4 Å². The number of aryl methyl sites for hydroxylation is 1. The second-order valence-corrected chi connectivity index (χ2v) is 6.72. The van der Waals surface area contributed by atoms with Crippen LogP contribution in [0.2, 0.25) is 0 Å². The summed E-state index contributed by atoms with van der Waals surface area (Å²) in [6.45, 7) is 1.30. The molecule has 2 amide bonds. The van der Waals surface area contributed by atoms with Gasteiger partial charge in [0.25, 0.3) is 0 Å². The van der Waals surface area contributed by atoms with Crippen molar-refractivity contribution in [3.8, 4) is 0 Å². The molecule has 2 atom stereocenters. The van der Waals surface area contributed by atoms with E-state index < -0.39 is 36.7 Å². The van der Waals surface area contributed by atoms with Crippen molar-refractivity contribution in [3.05, 3.63) is 71.3 Å². The number of rotatable bonds is 9. The summed E-state index contributed by atoms with van der Waals surface area (Å²) in [6, 6.07) is 14.3. The maximum Gasteiger partial charge on any atom is 0.408 e. The predicted octanol–water partition coefficient (Wildman–Crippen LogP) is 1.48. The van der Waals surface area contributed by atoms with Crippen LogP contribution in [0, 0.1) is 6.92 Å². The van der Waals surface area contributed by atoms with Crippen molar-refractivity contribution in [1.82, 2.24) is 10.6 Å². The van der Waals surface area contributed by atoms with Crippen LogP contribution in [-0.2, 0) is 32.1 Å². The van der Waals surface area contributed by atoms with Crippen LogP contribution >= 0.6 is 0 Å². The number of methoxy groups -OCH3 is 1. The fourth-order valence-electron chi connectivity index (χ4n) is 2.67. The molecule has 0 bridgehead atoms. The summed E-state index contributed by atoms with van der Waals surface area (Å²) in [5, 5.41) is 14.3. The number of alkyl carbamates (subject to hydrolysis) is 1. The highest BCUT2D eigenvalue weighted by Crippen LogP contribution is 2.08. The lowest BCUT2D eigenvalue weighted by atomic mass is 10.0. The Morgan fingerprint density at radius 3 is 2.20 bits per heavy atom. The Bertz CT molecular complexity index is 838. The van der Waals surface area contributed by atoms with Gasteiger partial charge in [0.1, 0.15) is 18.7 Å². The van der Waals surface area contributed by atoms with Crippen molar-refractivity contribution in [1.29, 1.82) is 0 Å². The molecule has 2 aromatic carbocycles. The second-order valence-electron chi connectivity index (χ2n) is 6.72. The third kappa shape index (κ3) is 7.21. The van der Waals surface area contributed by atoms with Gasteiger partial charge in [-0.25, -0.2) is 9.59 Å². The van der Waals surface area contributed by atoms with Crippen LogP contribution in [0.25, 0.3) is 0 Å². The Balaban J connectivity index is 1.94. The van der Waals surface area contributed by atoms with Crippen LogP contribution in [0.4, 0.5) is 4.79 Å². The van der Waals surface area contributed by atoms with Crippen LogP contribution in [-0.4, -0.2) is 48.9 Å². The SMILES string of the molecule is COC(=O)[C@H](Cc1ccc(C)cc1)NC(=O)[C@H](CO)NC(=O)OCc1ccccc1. The first-order valence-corrected chi connectivity index (χ1v) is 9.44. The number of hydrogen-bond donors (Lipinski definition) is 3. The van der Waals surface area contributed by atoms with Crippen molar-refractivity contribution < 1.29 is 29.0 Å². The lowest BCUT2D eigenvalue weighted by Crippen LogP contribution is -2.54. The number of amides is 2. The first-order valence-electron chi connectivity index (χ1n) is 9.44. The third-order valence-electron chi connectivity index (χ3n) is 4.37. The van der Waals surface area contributed by atoms with Crippen molar-refractivity contribution >= 4 is 18.0 Å². The van der Waals surface area contributed by atoms with Gasteiger partial charge < -0.3 is 25.2 Å². The molecule has 0 radical (unpaired) electrons. The average molecular weight is 414 g/mol. The van der Waals surface area contributed by atoms with E-state index in [1.54, 1.807) is 12.1 Å². The molecule has 2 aromatic rings. The maximum absolute atomic E-state index is 12.5. The molecular weight excluding hydrogens is 388 g/mol. The van der Waals surface area contributed by atoms with Crippen LogP contribution < -0.4 is 10.6 Å². The third-order valence-corrected chi connectivity index (χ3v) is 4.37. The summed E-state index contributed by atoms with van der Waals surface area (Å²) in [5.41, 5.74) is 2.67. The maximum atomic E-state index is 12.5. The normalized spacial score (nSPS) is 12.4. The van der Waals surface area contributed by atoms with E-state index in [0.29, 0.717) is 0 Å². The van der Waals surface area contributed by atoms with Crippen molar-refractivity contribution in [3.63, 3.8) is 0 Å². The summed E-state index contributed by atoms with van der Waals surface area (Å²) in [5.74, 6) is -1.36. The molecule has 0 aliphatic carbocycles. The molecule has 30 heavy (non-hydrogen) atoms. The minimum Gasteiger partial charge on any atom is -0.467 e. The second kappa shape index (κ2) is 11.6. The van der Waals surface area contributed by atoms with Crippen LogP contribution in [0.1, 0.15) is 16.7 Å². The zero-order valence-corrected chi connectivity index (χ0v) is 17.0. The van der Waals surface area contributed by atoms with Gasteiger partial charge in [0.05, 0.1) is 13.7 Å². The van der Waals surface area contributed by atoms with Crippen molar-refractivity contribution in [2.24, 2.45) is 0 Å². The molecule has 8 heteroatoms. The number of aliphatic hydroxyl groups is 1. The highest BCUT2D eigenvalue weighted by Gasteiger charge is 2.27. The summed E-state index contributed by atoms with van der Waals surface area (Å²) >= 11 is 0. The number of ether oxygens (including phenoxy) is 2. The van der Waals surface area contributed by atoms with Crippen molar-refractivity contribution in [2.75, 3.05) is 13.7 Å². The van der Waals surface area contributed by atoms with Gasteiger partial charge in [-0.3, -0.25) is 4.79 Å². The van der Waals surface area contributed by atoms with Crippen LogP contribution in [0.3, 0.4) is 0 Å². The number of nitrogens with one attached hydrogen (secondary N) is 2. The van der Waals surface area contributed by atoms with Gasteiger partial charge in [-0.15, -0.1) is 0 Å². The quantitative estimate of drug-likeness (QED) is 0.536. The Morgan fingerprint density at radius 2 is 1.60 bits per heavy atom. The molecule has 0 spiro atoms. The molecule has 0 fully saturated rings. The number of benzene rings is 2. The largest absolute Gasteiger partial charge is 0.467 e. The molecule has 0 aliphatic heterocycles. The predicted molar refractivity (Wildman–Crippen MR) is 109 cm³/mol. The lowest BCUT2D eigenvalue weighted by molar-refractivity contribution is -0.145. The average Bonchev–Trinajstić information content (AvgIpc) is 2.77. The highest BCUT2D eigenvalue weighted by molar-refractivity contribution is 5.89. The number of carbonyl (C=O) groups excluding carboxylic acids is 3. The molecule has 0 aromatic heterocycles. The topological polar surface area (TPSA) is 114 Å². The lowest BCUT2D eigenvalue weighted by Gasteiger charge is -2.21. The van der Waals surface area contributed by atoms with E-state index in [-0.39, 0.29) is 13.0 Å². The Hall–Kier alpha value is -3.39. The molecular formula is C22H26N2O6. The molecule has 0 saturated heterocycles. The smallest absolute Gasteiger partial charge is 0.408 e. The molecule has 2 rings (SSSR count). The summed E-state index contributed by atoms with van der Waals surface area (Å²) < 4.78 is 9.82.